The van der Waals surface area contributed by atoms with Gasteiger partial charge in [-0.1, -0.05) is 29.8 Å². The van der Waals surface area contributed by atoms with Gasteiger partial charge in [-0.3, -0.25) is 4.79 Å². The summed E-state index contributed by atoms with van der Waals surface area (Å²) in [6.07, 6.45) is 0.723. The summed E-state index contributed by atoms with van der Waals surface area (Å²) in [7, 11) is 1.65. The number of amides is 1. The van der Waals surface area contributed by atoms with Crippen LogP contribution in [0.15, 0.2) is 24.3 Å². The summed E-state index contributed by atoms with van der Waals surface area (Å²) in [5, 5.41) is -0.764. The van der Waals surface area contributed by atoms with E-state index in [1.165, 1.54) is 5.56 Å². The lowest BCUT2D eigenvalue weighted by Crippen LogP contribution is -2.29. The Bertz CT molecular complexity index is 568. The van der Waals surface area contributed by atoms with Crippen LogP contribution in [0, 0.1) is 6.92 Å². The Morgan fingerprint density at radius 1 is 1.32 bits per heavy atom. The summed E-state index contributed by atoms with van der Waals surface area (Å²) < 4.78 is 22.4. The van der Waals surface area contributed by atoms with Crippen molar-refractivity contribution in [3.05, 3.63) is 35.4 Å². The fourth-order valence-corrected chi connectivity index (χ4v) is 3.22. The van der Waals surface area contributed by atoms with Gasteiger partial charge in [0.2, 0.25) is 15.0 Å². The molecule has 0 N–H and O–H groups in total. The van der Waals surface area contributed by atoms with E-state index in [1.54, 1.807) is 4.90 Å². The molecule has 0 bridgehead atoms. The molecule has 1 heterocycles. The Balaban J connectivity index is 1.94. The van der Waals surface area contributed by atoms with Crippen LogP contribution < -0.4 is 0 Å². The normalized spacial score (nSPS) is 20.0. The number of halogens is 1. The number of carbonyl (C=O) groups is 1. The van der Waals surface area contributed by atoms with Crippen LogP contribution in [0.4, 0.5) is 0 Å². The molecule has 6 heteroatoms. The third-order valence-electron chi connectivity index (χ3n) is 3.37. The Morgan fingerprint density at radius 2 is 1.95 bits per heavy atom. The van der Waals surface area contributed by atoms with Crippen LogP contribution in [0.3, 0.4) is 0 Å². The molecule has 1 atom stereocenters. The monoisotopic (exact) mass is 301 g/mol. The molecule has 1 aromatic rings. The van der Waals surface area contributed by atoms with Crippen LogP contribution in [-0.4, -0.2) is 37.6 Å². The molecule has 1 unspecified atom stereocenters. The van der Waals surface area contributed by atoms with E-state index in [0.717, 1.165) is 12.0 Å². The number of nitrogens with zero attached hydrogens (tertiary/aromatic N) is 1. The van der Waals surface area contributed by atoms with Gasteiger partial charge in [0, 0.05) is 30.2 Å². The molecule has 4 nitrogen and oxygen atoms in total. The number of carbonyl (C=O) groups excluding carboxylic acids is 1. The number of likely N-dealkylation sites (tertiary alicyclic amines) is 1. The molecule has 0 spiro atoms. The highest BCUT2D eigenvalue weighted by atomic mass is 35.7. The topological polar surface area (TPSA) is 54.5 Å². The second-order valence-electron chi connectivity index (χ2n) is 4.88. The van der Waals surface area contributed by atoms with Gasteiger partial charge < -0.3 is 4.90 Å². The second-order valence-corrected chi connectivity index (χ2v) is 7.79. The van der Waals surface area contributed by atoms with Crippen molar-refractivity contribution < 1.29 is 13.2 Å². The number of benzene rings is 1. The van der Waals surface area contributed by atoms with E-state index in [4.69, 9.17) is 10.7 Å². The van der Waals surface area contributed by atoms with Gasteiger partial charge in [0.1, 0.15) is 5.25 Å². The first-order valence-corrected chi connectivity index (χ1v) is 8.50. The molecule has 0 saturated carbocycles. The predicted octanol–water partition coefficient (Wildman–Crippen LogP) is 1.71. The zero-order valence-corrected chi connectivity index (χ0v) is 12.2. The van der Waals surface area contributed by atoms with Gasteiger partial charge in [-0.05, 0) is 18.9 Å². The third kappa shape index (κ3) is 3.70. The van der Waals surface area contributed by atoms with Gasteiger partial charge in [-0.25, -0.2) is 8.42 Å². The van der Waals surface area contributed by atoms with Gasteiger partial charge >= 0.3 is 0 Å². The third-order valence-corrected chi connectivity index (χ3v) is 5.24. The molecule has 1 aromatic carbocycles. The molecule has 1 aliphatic heterocycles. The lowest BCUT2D eigenvalue weighted by molar-refractivity contribution is -0.127. The maximum absolute atomic E-state index is 11.7. The zero-order chi connectivity index (χ0) is 14.0. The van der Waals surface area contributed by atoms with E-state index < -0.39 is 14.3 Å². The van der Waals surface area contributed by atoms with Gasteiger partial charge in [-0.15, -0.1) is 0 Å². The minimum Gasteiger partial charge on any atom is -0.341 e. The number of hydrogen-bond acceptors (Lipinski definition) is 3. The molecule has 1 aliphatic rings. The molecular formula is C13H16ClNO3S. The Kier molecular flexibility index (Phi) is 4.16. The maximum atomic E-state index is 11.7. The van der Waals surface area contributed by atoms with Gasteiger partial charge in [-0.2, -0.15) is 0 Å². The number of aryl methyl sites for hydroxylation is 1. The standard InChI is InChI=1S/C13H16ClNO3S/c1-10-2-4-11(5-3-10)6-7-15-9-12(8-13(15)16)19(14,17)18/h2-5,12H,6-9H2,1H3. The average Bonchev–Trinajstić information content (AvgIpc) is 2.70. The van der Waals surface area contributed by atoms with E-state index in [-0.39, 0.29) is 18.9 Å². The van der Waals surface area contributed by atoms with Crippen LogP contribution >= 0.6 is 10.7 Å². The van der Waals surface area contributed by atoms with E-state index in [9.17, 15) is 13.2 Å². The summed E-state index contributed by atoms with van der Waals surface area (Å²) in [5.74, 6) is -0.138. The summed E-state index contributed by atoms with van der Waals surface area (Å²) in [6.45, 7) is 2.75. The quantitative estimate of drug-likeness (QED) is 0.796. The molecule has 0 radical (unpaired) electrons. The zero-order valence-electron chi connectivity index (χ0n) is 10.7. The lowest BCUT2D eigenvalue weighted by atomic mass is 10.1. The van der Waals surface area contributed by atoms with Crippen molar-refractivity contribution >= 4 is 25.6 Å². The average molecular weight is 302 g/mol. The predicted molar refractivity (Wildman–Crippen MR) is 74.6 cm³/mol. The maximum Gasteiger partial charge on any atom is 0.237 e. The van der Waals surface area contributed by atoms with Crippen molar-refractivity contribution in [3.63, 3.8) is 0 Å². The van der Waals surface area contributed by atoms with Gasteiger partial charge in [0.15, 0.2) is 0 Å². The van der Waals surface area contributed by atoms with Crippen molar-refractivity contribution in [1.29, 1.82) is 0 Å². The number of rotatable bonds is 4. The molecule has 1 saturated heterocycles. The van der Waals surface area contributed by atoms with Crippen molar-refractivity contribution in [2.24, 2.45) is 0 Å². The van der Waals surface area contributed by atoms with Crippen molar-refractivity contribution in [2.75, 3.05) is 13.1 Å². The van der Waals surface area contributed by atoms with Crippen LogP contribution in [0.1, 0.15) is 17.5 Å². The van der Waals surface area contributed by atoms with Crippen LogP contribution in [0.25, 0.3) is 0 Å². The van der Waals surface area contributed by atoms with Crippen molar-refractivity contribution in [2.45, 2.75) is 25.0 Å². The smallest absolute Gasteiger partial charge is 0.237 e. The summed E-state index contributed by atoms with van der Waals surface area (Å²) >= 11 is 0. The first-order valence-electron chi connectivity index (χ1n) is 6.13. The largest absolute Gasteiger partial charge is 0.341 e. The summed E-state index contributed by atoms with van der Waals surface area (Å²) in [6, 6.07) is 8.08. The molecule has 0 aliphatic carbocycles. The van der Waals surface area contributed by atoms with E-state index in [0.29, 0.717) is 6.54 Å². The summed E-state index contributed by atoms with van der Waals surface area (Å²) in [5.41, 5.74) is 2.32. The molecule has 1 amide bonds. The Morgan fingerprint density at radius 3 is 2.47 bits per heavy atom. The summed E-state index contributed by atoms with van der Waals surface area (Å²) in [4.78, 5) is 13.3. The first-order chi connectivity index (χ1) is 8.86. The minimum atomic E-state index is -3.65. The van der Waals surface area contributed by atoms with Crippen molar-refractivity contribution in [3.8, 4) is 0 Å². The highest BCUT2D eigenvalue weighted by molar-refractivity contribution is 8.14. The molecule has 2 rings (SSSR count). The highest BCUT2D eigenvalue weighted by Gasteiger charge is 2.36. The van der Waals surface area contributed by atoms with Gasteiger partial charge in [0.25, 0.3) is 0 Å². The SMILES string of the molecule is Cc1ccc(CCN2CC(S(=O)(=O)Cl)CC2=O)cc1. The minimum absolute atomic E-state index is 0.000267. The fraction of sp³-hybridized carbons (Fsp3) is 0.462. The van der Waals surface area contributed by atoms with E-state index >= 15 is 0 Å². The highest BCUT2D eigenvalue weighted by Crippen LogP contribution is 2.21. The lowest BCUT2D eigenvalue weighted by Gasteiger charge is -2.15. The van der Waals surface area contributed by atoms with E-state index in [1.807, 2.05) is 31.2 Å². The van der Waals surface area contributed by atoms with Gasteiger partial charge in [0.05, 0.1) is 0 Å². The molecule has 1 fully saturated rings. The number of hydrogen-bond donors (Lipinski definition) is 0. The molecule has 104 valence electrons. The molecule has 19 heavy (non-hydrogen) atoms. The van der Waals surface area contributed by atoms with Crippen LogP contribution in [0.2, 0.25) is 0 Å². The van der Waals surface area contributed by atoms with E-state index in [2.05, 4.69) is 0 Å². The first kappa shape index (κ1) is 14.3. The van der Waals surface area contributed by atoms with Crippen molar-refractivity contribution in [1.82, 2.24) is 4.90 Å². The second kappa shape index (κ2) is 5.51. The Hall–Kier alpha value is -1.07. The van der Waals surface area contributed by atoms with Crippen LogP contribution in [0.5, 0.6) is 0 Å². The Labute approximate surface area is 117 Å². The fourth-order valence-electron chi connectivity index (χ4n) is 2.16. The molecule has 0 aromatic heterocycles. The molecular weight excluding hydrogens is 286 g/mol. The van der Waals surface area contributed by atoms with Crippen LogP contribution in [-0.2, 0) is 20.3 Å².